The second-order valence-electron chi connectivity index (χ2n) is 8.99. The van der Waals surface area contributed by atoms with Crippen molar-refractivity contribution in [2.24, 2.45) is 0 Å². The summed E-state index contributed by atoms with van der Waals surface area (Å²) in [6.45, 7) is 1.06. The number of likely N-dealkylation sites (tertiary alicyclic amines) is 1. The molecule has 0 radical (unpaired) electrons. The fraction of sp³-hybridized carbons (Fsp3) is 0.360. The van der Waals surface area contributed by atoms with Crippen LogP contribution in [0.3, 0.4) is 0 Å². The second-order valence-corrected chi connectivity index (χ2v) is 8.99. The van der Waals surface area contributed by atoms with E-state index in [4.69, 9.17) is 5.26 Å². The Balaban J connectivity index is 1.51. The molecule has 0 unspecified atom stereocenters. The standard InChI is InChI=1S/C25H24F4N6O2/c1-15-19(7-5-16(10-30)22(15)26)20-12-32-35(24(20)37)21-8-6-17(11-31-21)23(36)34-9-3-4-18(13-34)33(2)14-25(27,28)29/h5-8,11-12,18,37H,3-4,9,13-14H2,1-2H3/t18-/m0/s1. The van der Waals surface area contributed by atoms with Gasteiger partial charge in [0, 0.05) is 25.3 Å². The van der Waals surface area contributed by atoms with Gasteiger partial charge in [-0.2, -0.15) is 28.2 Å². The Morgan fingerprint density at radius 2 is 2.00 bits per heavy atom. The van der Waals surface area contributed by atoms with Gasteiger partial charge in [0.1, 0.15) is 11.9 Å². The predicted molar refractivity (Wildman–Crippen MR) is 125 cm³/mol. The van der Waals surface area contributed by atoms with Crippen LogP contribution in [0.15, 0.2) is 36.7 Å². The first-order chi connectivity index (χ1) is 17.5. The van der Waals surface area contributed by atoms with Gasteiger partial charge in [0.05, 0.1) is 29.4 Å². The summed E-state index contributed by atoms with van der Waals surface area (Å²) in [6.07, 6.45) is -0.504. The molecule has 37 heavy (non-hydrogen) atoms. The van der Waals surface area contributed by atoms with E-state index < -0.39 is 24.6 Å². The average Bonchev–Trinajstić information content (AvgIpc) is 3.25. The number of hydrogen-bond donors (Lipinski definition) is 1. The average molecular weight is 516 g/mol. The highest BCUT2D eigenvalue weighted by Crippen LogP contribution is 2.34. The summed E-state index contributed by atoms with van der Waals surface area (Å²) in [5, 5.41) is 23.9. The molecule has 1 aliphatic rings. The third-order valence-electron chi connectivity index (χ3n) is 6.49. The maximum atomic E-state index is 14.4. The quantitative estimate of drug-likeness (QED) is 0.514. The summed E-state index contributed by atoms with van der Waals surface area (Å²) in [5.74, 6) is -1.13. The summed E-state index contributed by atoms with van der Waals surface area (Å²) in [6, 6.07) is 7.19. The number of aromatic nitrogens is 3. The molecule has 1 aliphatic heterocycles. The van der Waals surface area contributed by atoms with Crippen LogP contribution in [0.5, 0.6) is 5.88 Å². The third kappa shape index (κ3) is 5.41. The first-order valence-corrected chi connectivity index (χ1v) is 11.5. The smallest absolute Gasteiger partial charge is 0.401 e. The SMILES string of the molecule is Cc1c(-c2cnn(-c3ccc(C(=O)N4CCC[C@H](N(C)CC(F)(F)F)C4)cn3)c2O)ccc(C#N)c1F. The van der Waals surface area contributed by atoms with Gasteiger partial charge < -0.3 is 10.0 Å². The van der Waals surface area contributed by atoms with Crippen LogP contribution in [0, 0.1) is 24.1 Å². The van der Waals surface area contributed by atoms with Gasteiger partial charge in [-0.1, -0.05) is 6.07 Å². The van der Waals surface area contributed by atoms with E-state index >= 15 is 0 Å². The number of halogens is 4. The molecule has 0 saturated carbocycles. The largest absolute Gasteiger partial charge is 0.493 e. The van der Waals surface area contributed by atoms with E-state index in [9.17, 15) is 27.5 Å². The van der Waals surface area contributed by atoms with Crippen molar-refractivity contribution in [1.82, 2.24) is 24.6 Å². The van der Waals surface area contributed by atoms with Crippen molar-refractivity contribution in [1.29, 1.82) is 5.26 Å². The number of benzene rings is 1. The number of amides is 1. The summed E-state index contributed by atoms with van der Waals surface area (Å²) < 4.78 is 53.8. The molecule has 1 fully saturated rings. The maximum Gasteiger partial charge on any atom is 0.401 e. The number of pyridine rings is 1. The van der Waals surface area contributed by atoms with E-state index in [-0.39, 0.29) is 46.4 Å². The van der Waals surface area contributed by atoms with Crippen LogP contribution in [-0.4, -0.2) is 74.5 Å². The molecule has 0 aliphatic carbocycles. The number of nitrogens with zero attached hydrogens (tertiary/aromatic N) is 6. The number of aromatic hydroxyl groups is 1. The van der Waals surface area contributed by atoms with Gasteiger partial charge in [0.2, 0.25) is 5.88 Å². The summed E-state index contributed by atoms with van der Waals surface area (Å²) in [5.41, 5.74) is 0.928. The zero-order valence-corrected chi connectivity index (χ0v) is 20.1. The molecular formula is C25H24F4N6O2. The first-order valence-electron chi connectivity index (χ1n) is 11.5. The van der Waals surface area contributed by atoms with Crippen LogP contribution in [0.2, 0.25) is 0 Å². The molecule has 1 atom stereocenters. The Bertz CT molecular complexity index is 1350. The van der Waals surface area contributed by atoms with E-state index in [2.05, 4.69) is 10.1 Å². The molecule has 12 heteroatoms. The van der Waals surface area contributed by atoms with Crippen LogP contribution in [0.25, 0.3) is 16.9 Å². The van der Waals surface area contributed by atoms with E-state index in [0.29, 0.717) is 24.9 Å². The van der Waals surface area contributed by atoms with Gasteiger partial charge in [-0.05, 0) is 56.1 Å². The van der Waals surface area contributed by atoms with E-state index in [1.165, 1.54) is 60.4 Å². The molecule has 1 amide bonds. The van der Waals surface area contributed by atoms with Crippen LogP contribution in [0.1, 0.15) is 34.3 Å². The normalized spacial score (nSPS) is 16.2. The Morgan fingerprint density at radius 3 is 2.65 bits per heavy atom. The monoisotopic (exact) mass is 516 g/mol. The molecular weight excluding hydrogens is 492 g/mol. The molecule has 0 bridgehead atoms. The van der Waals surface area contributed by atoms with Crippen molar-refractivity contribution >= 4 is 5.91 Å². The van der Waals surface area contributed by atoms with Gasteiger partial charge in [-0.15, -0.1) is 0 Å². The lowest BCUT2D eigenvalue weighted by atomic mass is 10.00. The van der Waals surface area contributed by atoms with Crippen molar-refractivity contribution in [2.75, 3.05) is 26.7 Å². The van der Waals surface area contributed by atoms with Crippen LogP contribution in [0.4, 0.5) is 17.6 Å². The zero-order valence-electron chi connectivity index (χ0n) is 20.1. The van der Waals surface area contributed by atoms with E-state index in [1.807, 2.05) is 0 Å². The Labute approximate surface area is 210 Å². The van der Waals surface area contributed by atoms with E-state index in [1.54, 1.807) is 6.07 Å². The number of hydrogen-bond acceptors (Lipinski definition) is 6. The zero-order chi connectivity index (χ0) is 26.9. The van der Waals surface area contributed by atoms with Crippen LogP contribution in [-0.2, 0) is 0 Å². The van der Waals surface area contributed by atoms with Crippen molar-refractivity contribution in [2.45, 2.75) is 32.0 Å². The summed E-state index contributed by atoms with van der Waals surface area (Å²) in [4.78, 5) is 20.0. The number of likely N-dealkylation sites (N-methyl/N-ethyl adjacent to an activating group) is 1. The topological polar surface area (TPSA) is 98.3 Å². The summed E-state index contributed by atoms with van der Waals surface area (Å²) in [7, 11) is 1.40. The van der Waals surface area contributed by atoms with Gasteiger partial charge in [0.15, 0.2) is 5.82 Å². The Hall–Kier alpha value is -3.98. The lowest BCUT2D eigenvalue weighted by molar-refractivity contribution is -0.149. The van der Waals surface area contributed by atoms with Crippen molar-refractivity contribution in [3.63, 3.8) is 0 Å². The van der Waals surface area contributed by atoms with Crippen molar-refractivity contribution < 1.29 is 27.5 Å². The van der Waals surface area contributed by atoms with Crippen LogP contribution >= 0.6 is 0 Å². The third-order valence-corrected chi connectivity index (χ3v) is 6.49. The number of nitriles is 1. The second kappa shape index (κ2) is 10.2. The highest BCUT2D eigenvalue weighted by atomic mass is 19.4. The minimum Gasteiger partial charge on any atom is -0.493 e. The predicted octanol–water partition coefficient (Wildman–Crippen LogP) is 4.06. The minimum atomic E-state index is -4.31. The number of carbonyl (C=O) groups is 1. The molecule has 3 heterocycles. The molecule has 2 aromatic heterocycles. The fourth-order valence-electron chi connectivity index (χ4n) is 4.49. The highest BCUT2D eigenvalue weighted by molar-refractivity contribution is 5.94. The Morgan fingerprint density at radius 1 is 1.24 bits per heavy atom. The van der Waals surface area contributed by atoms with Crippen molar-refractivity contribution in [3.8, 4) is 28.9 Å². The molecule has 1 saturated heterocycles. The molecule has 1 aromatic carbocycles. The highest BCUT2D eigenvalue weighted by Gasteiger charge is 2.34. The summed E-state index contributed by atoms with van der Waals surface area (Å²) >= 11 is 0. The number of carbonyl (C=O) groups excluding carboxylic acids is 1. The molecule has 4 rings (SSSR count). The number of piperidine rings is 1. The van der Waals surface area contributed by atoms with Gasteiger partial charge in [0.25, 0.3) is 5.91 Å². The number of rotatable bonds is 5. The molecule has 194 valence electrons. The molecule has 8 nitrogen and oxygen atoms in total. The van der Waals surface area contributed by atoms with Gasteiger partial charge in [-0.3, -0.25) is 9.69 Å². The minimum absolute atomic E-state index is 0.109. The van der Waals surface area contributed by atoms with Gasteiger partial charge in [-0.25, -0.2) is 9.37 Å². The fourth-order valence-corrected chi connectivity index (χ4v) is 4.49. The maximum absolute atomic E-state index is 14.4. The van der Waals surface area contributed by atoms with Gasteiger partial charge >= 0.3 is 6.18 Å². The first kappa shape index (κ1) is 26.1. The molecule has 0 spiro atoms. The molecule has 1 N–H and O–H groups in total. The molecule has 3 aromatic rings. The van der Waals surface area contributed by atoms with E-state index in [0.717, 1.165) is 4.68 Å². The lowest BCUT2D eigenvalue weighted by Crippen LogP contribution is -2.50. The van der Waals surface area contributed by atoms with Crippen molar-refractivity contribution in [3.05, 3.63) is 59.2 Å². The number of alkyl halides is 3. The Kier molecular flexibility index (Phi) is 7.18. The van der Waals surface area contributed by atoms with Crippen LogP contribution < -0.4 is 0 Å². The lowest BCUT2D eigenvalue weighted by Gasteiger charge is -2.37.